The number of nitrogens with one attached hydrogen (secondary N) is 2. The van der Waals surface area contributed by atoms with Crippen molar-refractivity contribution < 1.29 is 9.59 Å². The first-order chi connectivity index (χ1) is 10.6. The molecule has 7 nitrogen and oxygen atoms in total. The van der Waals surface area contributed by atoms with Crippen molar-refractivity contribution in [3.8, 4) is 0 Å². The summed E-state index contributed by atoms with van der Waals surface area (Å²) in [5.74, 6) is -0.137. The molecule has 2 heterocycles. The molecule has 3 amide bonds. The second-order valence-electron chi connectivity index (χ2n) is 5.01. The molecule has 7 heteroatoms. The minimum absolute atomic E-state index is 0.137. The average molecular weight is 297 g/mol. The highest BCUT2D eigenvalue weighted by Crippen LogP contribution is 2.26. The van der Waals surface area contributed by atoms with Crippen molar-refractivity contribution in [2.75, 3.05) is 17.3 Å². The van der Waals surface area contributed by atoms with Crippen LogP contribution in [0.4, 0.5) is 16.2 Å². The number of likely N-dealkylation sites (N-methyl/N-ethyl adjacent to an activating group) is 1. The van der Waals surface area contributed by atoms with Gasteiger partial charge in [0.2, 0.25) is 5.91 Å². The molecule has 1 aromatic heterocycles. The second-order valence-corrected chi connectivity index (χ2v) is 5.01. The SMILES string of the molecule is CN1C(=O)C(NC(=O)Nc2ccnnc2)Cc2ccccc21. The van der Waals surface area contributed by atoms with E-state index in [1.807, 2.05) is 24.3 Å². The quantitative estimate of drug-likeness (QED) is 0.871. The molecule has 1 atom stereocenters. The highest BCUT2D eigenvalue weighted by Gasteiger charge is 2.31. The van der Waals surface area contributed by atoms with Crippen LogP contribution in [0.1, 0.15) is 5.56 Å². The van der Waals surface area contributed by atoms with Gasteiger partial charge >= 0.3 is 6.03 Å². The molecule has 0 bridgehead atoms. The van der Waals surface area contributed by atoms with Crippen molar-refractivity contribution in [1.82, 2.24) is 15.5 Å². The van der Waals surface area contributed by atoms with E-state index in [4.69, 9.17) is 0 Å². The number of nitrogens with zero attached hydrogens (tertiary/aromatic N) is 3. The molecule has 2 aromatic rings. The van der Waals surface area contributed by atoms with Crippen molar-refractivity contribution in [1.29, 1.82) is 0 Å². The summed E-state index contributed by atoms with van der Waals surface area (Å²) in [6.07, 6.45) is 3.39. The molecule has 0 spiro atoms. The van der Waals surface area contributed by atoms with Gasteiger partial charge in [-0.2, -0.15) is 10.2 Å². The van der Waals surface area contributed by atoms with Crippen LogP contribution in [0.3, 0.4) is 0 Å². The number of carbonyl (C=O) groups excluding carboxylic acids is 2. The van der Waals surface area contributed by atoms with Gasteiger partial charge in [-0.15, -0.1) is 0 Å². The maximum absolute atomic E-state index is 12.3. The number of amides is 3. The van der Waals surface area contributed by atoms with E-state index in [9.17, 15) is 9.59 Å². The lowest BCUT2D eigenvalue weighted by Gasteiger charge is -2.31. The normalized spacial score (nSPS) is 16.9. The maximum Gasteiger partial charge on any atom is 0.319 e. The number of hydrogen-bond donors (Lipinski definition) is 2. The molecule has 1 aliphatic heterocycles. The monoisotopic (exact) mass is 297 g/mol. The number of carbonyl (C=O) groups is 2. The van der Waals surface area contributed by atoms with E-state index in [0.717, 1.165) is 11.3 Å². The van der Waals surface area contributed by atoms with E-state index in [1.165, 1.54) is 12.4 Å². The third-order valence-corrected chi connectivity index (χ3v) is 3.55. The largest absolute Gasteiger partial charge is 0.326 e. The van der Waals surface area contributed by atoms with Crippen molar-refractivity contribution >= 4 is 23.3 Å². The van der Waals surface area contributed by atoms with E-state index in [-0.39, 0.29) is 5.91 Å². The van der Waals surface area contributed by atoms with Crippen LogP contribution in [0.5, 0.6) is 0 Å². The summed E-state index contributed by atoms with van der Waals surface area (Å²) in [6.45, 7) is 0. The lowest BCUT2D eigenvalue weighted by Crippen LogP contribution is -2.52. The molecular weight excluding hydrogens is 282 g/mol. The Kier molecular flexibility index (Phi) is 3.69. The van der Waals surface area contributed by atoms with Crippen molar-refractivity contribution in [3.05, 3.63) is 48.3 Å². The number of hydrogen-bond acceptors (Lipinski definition) is 4. The molecule has 1 aliphatic rings. The highest BCUT2D eigenvalue weighted by atomic mass is 16.2. The highest BCUT2D eigenvalue weighted by molar-refractivity contribution is 6.02. The van der Waals surface area contributed by atoms with E-state index >= 15 is 0 Å². The summed E-state index contributed by atoms with van der Waals surface area (Å²) >= 11 is 0. The Hall–Kier alpha value is -2.96. The van der Waals surface area contributed by atoms with Crippen LogP contribution in [-0.2, 0) is 11.2 Å². The summed E-state index contributed by atoms with van der Waals surface area (Å²) in [5, 5.41) is 12.6. The van der Waals surface area contributed by atoms with Crippen LogP contribution in [-0.4, -0.2) is 35.2 Å². The maximum atomic E-state index is 12.3. The zero-order valence-electron chi connectivity index (χ0n) is 12.0. The summed E-state index contributed by atoms with van der Waals surface area (Å²) in [4.78, 5) is 25.9. The Balaban J connectivity index is 1.71. The number of rotatable bonds is 2. The smallest absolute Gasteiger partial charge is 0.319 e. The van der Waals surface area contributed by atoms with Crippen LogP contribution in [0.15, 0.2) is 42.7 Å². The third-order valence-electron chi connectivity index (χ3n) is 3.55. The number of benzene rings is 1. The van der Waals surface area contributed by atoms with Crippen molar-refractivity contribution in [3.63, 3.8) is 0 Å². The molecular formula is C15H15N5O2. The van der Waals surface area contributed by atoms with Gasteiger partial charge < -0.3 is 15.5 Å². The van der Waals surface area contributed by atoms with Gasteiger partial charge in [0, 0.05) is 19.2 Å². The second kappa shape index (κ2) is 5.80. The molecule has 3 rings (SSSR count). The fourth-order valence-electron chi connectivity index (χ4n) is 2.47. The zero-order valence-corrected chi connectivity index (χ0v) is 12.0. The van der Waals surface area contributed by atoms with Gasteiger partial charge in [-0.25, -0.2) is 4.79 Å². The van der Waals surface area contributed by atoms with Gasteiger partial charge in [-0.05, 0) is 17.7 Å². The summed E-state index contributed by atoms with van der Waals surface area (Å²) in [5.41, 5.74) is 2.43. The van der Waals surface area contributed by atoms with Gasteiger partial charge in [0.1, 0.15) is 6.04 Å². The third kappa shape index (κ3) is 2.73. The van der Waals surface area contributed by atoms with E-state index < -0.39 is 12.1 Å². The first-order valence-corrected chi connectivity index (χ1v) is 6.85. The van der Waals surface area contributed by atoms with Crippen LogP contribution >= 0.6 is 0 Å². The van der Waals surface area contributed by atoms with Gasteiger partial charge in [-0.3, -0.25) is 4.79 Å². The van der Waals surface area contributed by atoms with Crippen LogP contribution in [0.2, 0.25) is 0 Å². The average Bonchev–Trinajstić information content (AvgIpc) is 2.53. The molecule has 0 fully saturated rings. The predicted octanol–water partition coefficient (Wildman–Crippen LogP) is 1.19. The number of para-hydroxylation sites is 1. The molecule has 0 radical (unpaired) electrons. The minimum Gasteiger partial charge on any atom is -0.326 e. The molecule has 22 heavy (non-hydrogen) atoms. The Morgan fingerprint density at radius 1 is 1.27 bits per heavy atom. The number of urea groups is 1. The zero-order chi connectivity index (χ0) is 15.5. The fourth-order valence-corrected chi connectivity index (χ4v) is 2.47. The molecule has 0 saturated heterocycles. The molecule has 0 aliphatic carbocycles. The van der Waals surface area contributed by atoms with E-state index in [1.54, 1.807) is 18.0 Å². The molecule has 2 N–H and O–H groups in total. The van der Waals surface area contributed by atoms with Crippen molar-refractivity contribution in [2.24, 2.45) is 0 Å². The van der Waals surface area contributed by atoms with Gasteiger partial charge in [0.25, 0.3) is 0 Å². The van der Waals surface area contributed by atoms with Crippen LogP contribution < -0.4 is 15.5 Å². The number of aromatic nitrogens is 2. The van der Waals surface area contributed by atoms with Crippen LogP contribution in [0, 0.1) is 0 Å². The lowest BCUT2D eigenvalue weighted by molar-refractivity contribution is -0.120. The van der Waals surface area contributed by atoms with Gasteiger partial charge in [0.05, 0.1) is 18.1 Å². The molecule has 1 aromatic carbocycles. The van der Waals surface area contributed by atoms with Gasteiger partial charge in [0.15, 0.2) is 0 Å². The minimum atomic E-state index is -0.588. The Morgan fingerprint density at radius 2 is 2.09 bits per heavy atom. The van der Waals surface area contributed by atoms with E-state index in [2.05, 4.69) is 20.8 Å². The predicted molar refractivity (Wildman–Crippen MR) is 81.5 cm³/mol. The fraction of sp³-hybridized carbons (Fsp3) is 0.200. The Labute approximate surface area is 127 Å². The topological polar surface area (TPSA) is 87.2 Å². The first kappa shape index (κ1) is 14.0. The number of anilines is 2. The lowest BCUT2D eigenvalue weighted by atomic mass is 9.98. The first-order valence-electron chi connectivity index (χ1n) is 6.85. The number of fused-ring (bicyclic) bond motifs is 1. The standard InChI is InChI=1S/C15H15N5O2/c1-20-13-5-3-2-4-10(13)8-12(14(20)21)19-15(22)18-11-6-7-16-17-9-11/h2-7,9,12H,8H2,1H3,(H2,16,18,19,22). The van der Waals surface area contributed by atoms with Crippen LogP contribution in [0.25, 0.3) is 0 Å². The summed E-state index contributed by atoms with van der Waals surface area (Å²) in [7, 11) is 1.71. The van der Waals surface area contributed by atoms with Gasteiger partial charge in [-0.1, -0.05) is 18.2 Å². The molecule has 112 valence electrons. The molecule has 1 unspecified atom stereocenters. The van der Waals surface area contributed by atoms with E-state index in [0.29, 0.717) is 12.1 Å². The summed E-state index contributed by atoms with van der Waals surface area (Å²) in [6, 6.07) is 8.25. The Morgan fingerprint density at radius 3 is 2.86 bits per heavy atom. The summed E-state index contributed by atoms with van der Waals surface area (Å²) < 4.78 is 0. The van der Waals surface area contributed by atoms with Crippen molar-refractivity contribution in [2.45, 2.75) is 12.5 Å². The molecule has 0 saturated carbocycles. The Bertz CT molecular complexity index is 704.